The molecule has 2 N–H and O–H groups in total. The summed E-state index contributed by atoms with van der Waals surface area (Å²) < 4.78 is 5.00. The van der Waals surface area contributed by atoms with Gasteiger partial charge in [-0.05, 0) is 36.4 Å². The van der Waals surface area contributed by atoms with Crippen molar-refractivity contribution in [1.82, 2.24) is 5.43 Å². The number of methoxy groups -OCH3 is 1. The standard InChI is InChI=1S/C14H12N2O4S/c1-20-10-4-2-9(3-5-10)13(17)16-15-8-11-6-7-12(21-11)14(18)19/h2-8H,1H3,(H,16,17)(H,18,19). The smallest absolute Gasteiger partial charge is 0.345 e. The van der Waals surface area contributed by atoms with Crippen molar-refractivity contribution < 1.29 is 19.4 Å². The number of carboxylic acids is 1. The van der Waals surface area contributed by atoms with E-state index >= 15 is 0 Å². The molecule has 2 aromatic rings. The average Bonchev–Trinajstić information content (AvgIpc) is 2.96. The number of benzene rings is 1. The summed E-state index contributed by atoms with van der Waals surface area (Å²) in [5.74, 6) is -0.680. The van der Waals surface area contributed by atoms with Crippen molar-refractivity contribution in [2.45, 2.75) is 0 Å². The molecule has 0 saturated carbocycles. The van der Waals surface area contributed by atoms with Crippen LogP contribution < -0.4 is 10.2 Å². The first-order valence-corrected chi connectivity index (χ1v) is 6.72. The molecule has 0 atom stereocenters. The van der Waals surface area contributed by atoms with Crippen LogP contribution in [0.5, 0.6) is 5.75 Å². The summed E-state index contributed by atoms with van der Waals surface area (Å²) in [4.78, 5) is 23.4. The lowest BCUT2D eigenvalue weighted by molar-refractivity contribution is 0.0702. The third-order valence-corrected chi connectivity index (χ3v) is 3.56. The summed E-state index contributed by atoms with van der Waals surface area (Å²) >= 11 is 1.08. The Balaban J connectivity index is 1.95. The van der Waals surface area contributed by atoms with Crippen molar-refractivity contribution in [2.24, 2.45) is 5.10 Å². The van der Waals surface area contributed by atoms with Gasteiger partial charge in [0.05, 0.1) is 13.3 Å². The van der Waals surface area contributed by atoms with Crippen LogP contribution in [0.3, 0.4) is 0 Å². The van der Waals surface area contributed by atoms with E-state index in [9.17, 15) is 9.59 Å². The lowest BCUT2D eigenvalue weighted by Gasteiger charge is -2.01. The number of amides is 1. The zero-order valence-corrected chi connectivity index (χ0v) is 11.9. The minimum atomic E-state index is -0.984. The maximum Gasteiger partial charge on any atom is 0.345 e. The molecule has 0 radical (unpaired) electrons. The maximum atomic E-state index is 11.8. The first kappa shape index (κ1) is 14.7. The van der Waals surface area contributed by atoms with E-state index in [1.807, 2.05) is 0 Å². The number of thiophene rings is 1. The van der Waals surface area contributed by atoms with E-state index in [2.05, 4.69) is 10.5 Å². The lowest BCUT2D eigenvalue weighted by Crippen LogP contribution is -2.17. The maximum absolute atomic E-state index is 11.8. The zero-order valence-electron chi connectivity index (χ0n) is 11.1. The summed E-state index contributed by atoms with van der Waals surface area (Å²) in [5.41, 5.74) is 2.82. The van der Waals surface area contributed by atoms with Crippen LogP contribution in [0, 0.1) is 0 Å². The molecule has 0 unspecified atom stereocenters. The quantitative estimate of drug-likeness (QED) is 0.655. The minimum Gasteiger partial charge on any atom is -0.497 e. The SMILES string of the molecule is COc1ccc(C(=O)NN=Cc2ccc(C(=O)O)s2)cc1. The fraction of sp³-hybridized carbons (Fsp3) is 0.0714. The Morgan fingerprint density at radius 2 is 1.95 bits per heavy atom. The topological polar surface area (TPSA) is 88.0 Å². The highest BCUT2D eigenvalue weighted by Crippen LogP contribution is 2.14. The first-order valence-electron chi connectivity index (χ1n) is 5.91. The van der Waals surface area contributed by atoms with Gasteiger partial charge in [-0.2, -0.15) is 5.10 Å². The normalized spacial score (nSPS) is 10.5. The number of nitrogens with zero attached hydrogens (tertiary/aromatic N) is 1. The molecule has 0 saturated heterocycles. The Morgan fingerprint density at radius 1 is 1.24 bits per heavy atom. The molecule has 21 heavy (non-hydrogen) atoms. The van der Waals surface area contributed by atoms with Crippen LogP contribution in [-0.2, 0) is 0 Å². The van der Waals surface area contributed by atoms with E-state index in [0.717, 1.165) is 11.3 Å². The summed E-state index contributed by atoms with van der Waals surface area (Å²) in [6, 6.07) is 9.71. The number of hydrogen-bond donors (Lipinski definition) is 2. The Kier molecular flexibility index (Phi) is 4.68. The minimum absolute atomic E-state index is 0.220. The van der Waals surface area contributed by atoms with Crippen LogP contribution in [-0.4, -0.2) is 30.3 Å². The molecular weight excluding hydrogens is 292 g/mol. The highest BCUT2D eigenvalue weighted by Gasteiger charge is 2.06. The lowest BCUT2D eigenvalue weighted by atomic mass is 10.2. The van der Waals surface area contributed by atoms with Gasteiger partial charge in [0, 0.05) is 10.4 Å². The van der Waals surface area contributed by atoms with Gasteiger partial charge < -0.3 is 9.84 Å². The van der Waals surface area contributed by atoms with Gasteiger partial charge in [0.2, 0.25) is 0 Å². The number of ether oxygens (including phenoxy) is 1. The van der Waals surface area contributed by atoms with Gasteiger partial charge in [0.25, 0.3) is 5.91 Å². The Morgan fingerprint density at radius 3 is 2.52 bits per heavy atom. The van der Waals surface area contributed by atoms with Crippen LogP contribution in [0.25, 0.3) is 0 Å². The molecule has 108 valence electrons. The number of rotatable bonds is 5. The number of aromatic carboxylic acids is 1. The van der Waals surface area contributed by atoms with E-state index in [4.69, 9.17) is 9.84 Å². The van der Waals surface area contributed by atoms with Crippen molar-refractivity contribution in [3.63, 3.8) is 0 Å². The Labute approximate surface area is 124 Å². The van der Waals surface area contributed by atoms with Crippen molar-refractivity contribution in [3.8, 4) is 5.75 Å². The molecule has 0 aliphatic carbocycles. The molecule has 0 aliphatic rings. The van der Waals surface area contributed by atoms with Crippen molar-refractivity contribution in [2.75, 3.05) is 7.11 Å². The fourth-order valence-corrected chi connectivity index (χ4v) is 2.22. The number of carbonyl (C=O) groups excluding carboxylic acids is 1. The third-order valence-electron chi connectivity index (χ3n) is 2.55. The van der Waals surface area contributed by atoms with E-state index < -0.39 is 5.97 Å². The van der Waals surface area contributed by atoms with Crippen molar-refractivity contribution in [1.29, 1.82) is 0 Å². The molecule has 0 fully saturated rings. The monoisotopic (exact) mass is 304 g/mol. The summed E-state index contributed by atoms with van der Waals surface area (Å²) in [6.07, 6.45) is 1.40. The number of nitrogens with one attached hydrogen (secondary N) is 1. The van der Waals surface area contributed by atoms with Crippen molar-refractivity contribution in [3.05, 3.63) is 51.7 Å². The molecule has 1 heterocycles. The Hall–Kier alpha value is -2.67. The molecule has 1 aromatic carbocycles. The van der Waals surface area contributed by atoms with Gasteiger partial charge in [0.15, 0.2) is 0 Å². The summed E-state index contributed by atoms with van der Waals surface area (Å²) in [5, 5.41) is 12.6. The van der Waals surface area contributed by atoms with Crippen LogP contribution in [0.1, 0.15) is 24.9 Å². The first-order chi connectivity index (χ1) is 10.1. The van der Waals surface area contributed by atoms with Gasteiger partial charge in [-0.25, -0.2) is 10.2 Å². The van der Waals surface area contributed by atoms with E-state index in [-0.39, 0.29) is 10.8 Å². The van der Waals surface area contributed by atoms with Gasteiger partial charge in [-0.1, -0.05) is 0 Å². The molecule has 0 aliphatic heterocycles. The second-order valence-electron chi connectivity index (χ2n) is 3.93. The molecule has 1 amide bonds. The predicted octanol–water partition coefficient (Wildman–Crippen LogP) is 2.22. The van der Waals surface area contributed by atoms with Crippen LogP contribution >= 0.6 is 11.3 Å². The van der Waals surface area contributed by atoms with Gasteiger partial charge >= 0.3 is 5.97 Å². The second kappa shape index (κ2) is 6.67. The van der Waals surface area contributed by atoms with Crippen LogP contribution in [0.4, 0.5) is 0 Å². The van der Waals surface area contributed by atoms with Crippen molar-refractivity contribution >= 4 is 29.4 Å². The number of hydrogen-bond acceptors (Lipinski definition) is 5. The molecule has 6 nitrogen and oxygen atoms in total. The fourth-order valence-electron chi connectivity index (χ4n) is 1.50. The second-order valence-corrected chi connectivity index (χ2v) is 5.05. The van der Waals surface area contributed by atoms with E-state index in [0.29, 0.717) is 16.2 Å². The average molecular weight is 304 g/mol. The third kappa shape index (κ3) is 3.90. The van der Waals surface area contributed by atoms with Gasteiger partial charge in [-0.15, -0.1) is 11.3 Å². The summed E-state index contributed by atoms with van der Waals surface area (Å²) in [6.45, 7) is 0. The molecular formula is C14H12N2O4S. The van der Waals surface area contributed by atoms with Crippen LogP contribution in [0.2, 0.25) is 0 Å². The van der Waals surface area contributed by atoms with Gasteiger partial charge in [0.1, 0.15) is 10.6 Å². The van der Waals surface area contributed by atoms with E-state index in [1.54, 1.807) is 37.4 Å². The molecule has 0 spiro atoms. The molecule has 2 rings (SSSR count). The highest BCUT2D eigenvalue weighted by atomic mass is 32.1. The van der Waals surface area contributed by atoms with E-state index in [1.165, 1.54) is 12.3 Å². The van der Waals surface area contributed by atoms with Gasteiger partial charge in [-0.3, -0.25) is 4.79 Å². The van der Waals surface area contributed by atoms with Crippen LogP contribution in [0.15, 0.2) is 41.5 Å². The predicted molar refractivity (Wildman–Crippen MR) is 79.3 cm³/mol. The number of carbonyl (C=O) groups is 2. The largest absolute Gasteiger partial charge is 0.497 e. The zero-order chi connectivity index (χ0) is 15.2. The molecule has 0 bridgehead atoms. The molecule has 1 aromatic heterocycles. The highest BCUT2D eigenvalue weighted by molar-refractivity contribution is 7.15. The summed E-state index contributed by atoms with van der Waals surface area (Å²) in [7, 11) is 1.55. The number of carboxylic acid groups (broad SMARTS) is 1. The number of hydrazone groups is 1. The Bertz CT molecular complexity index is 677. The molecule has 7 heteroatoms.